The predicted molar refractivity (Wildman–Crippen MR) is 490 cm³/mol. The van der Waals surface area contributed by atoms with Crippen LogP contribution in [-0.4, -0.2) is 0 Å². The highest BCUT2D eigenvalue weighted by Gasteiger charge is 2.30. The largest absolute Gasteiger partial charge is 0.0984 e. The maximum Gasteiger partial charge on any atom is 0.0373 e. The third kappa shape index (κ3) is 22.5. The summed E-state index contributed by atoms with van der Waals surface area (Å²) in [5.74, 6) is 0. The van der Waals surface area contributed by atoms with Crippen LogP contribution in [0.2, 0.25) is 0 Å². The van der Waals surface area contributed by atoms with Crippen LogP contribution in [0, 0.1) is 0 Å². The first-order valence-electron chi connectivity index (χ1n) is 37.3. The second-order valence-electron chi connectivity index (χ2n) is 25.5. The van der Waals surface area contributed by atoms with E-state index in [0.29, 0.717) is 43.4 Å². The Morgan fingerprint density at radius 1 is 0.172 bits per heavy atom. The molecule has 0 nitrogen and oxygen atoms in total. The molecule has 5 aromatic carbocycles. The van der Waals surface area contributed by atoms with Gasteiger partial charge in [0.2, 0.25) is 0 Å². The fourth-order valence-electron chi connectivity index (χ4n) is 16.4. The highest BCUT2D eigenvalue weighted by molar-refractivity contribution is 9.10. The van der Waals surface area contributed by atoms with Crippen molar-refractivity contribution in [3.63, 3.8) is 0 Å². The van der Waals surface area contributed by atoms with Crippen LogP contribution in [0.5, 0.6) is 0 Å². The average molecular weight is 1930 g/mol. The van der Waals surface area contributed by atoms with Crippen molar-refractivity contribution >= 4 is 180 Å². The van der Waals surface area contributed by atoms with Crippen molar-refractivity contribution in [2.75, 3.05) is 0 Å². The van der Waals surface area contributed by atoms with Crippen LogP contribution >= 0.6 is 143 Å². The van der Waals surface area contributed by atoms with Gasteiger partial charge in [-0.1, -0.05) is 323 Å². The van der Waals surface area contributed by atoms with E-state index in [-0.39, 0.29) is 0 Å². The van der Waals surface area contributed by atoms with Gasteiger partial charge in [0.25, 0.3) is 0 Å². The van der Waals surface area contributed by atoms with E-state index in [4.69, 9.17) is 0 Å². The number of benzene rings is 5. The maximum atomic E-state index is 4.07. The Labute approximate surface area is 684 Å². The molecule has 0 radical (unpaired) electrons. The van der Waals surface area contributed by atoms with Gasteiger partial charge in [0.15, 0.2) is 0 Å². The van der Waals surface area contributed by atoms with Gasteiger partial charge in [-0.2, -0.15) is 0 Å². The Kier molecular flexibility index (Phi) is 46.0. The summed E-state index contributed by atoms with van der Waals surface area (Å²) < 4.78 is 0. The number of halogens is 9. The summed E-state index contributed by atoms with van der Waals surface area (Å²) in [5, 5.41) is 0. The van der Waals surface area contributed by atoms with E-state index < -0.39 is 0 Å². The van der Waals surface area contributed by atoms with Gasteiger partial charge < -0.3 is 0 Å². The first kappa shape index (κ1) is 95.9. The maximum absolute atomic E-state index is 4.07. The molecule has 0 bridgehead atoms. The zero-order chi connectivity index (χ0) is 76.4. The molecule has 0 saturated carbocycles. The van der Waals surface area contributed by atoms with Gasteiger partial charge in [-0.25, -0.2) is 0 Å². The van der Waals surface area contributed by atoms with E-state index in [1.165, 1.54) is 167 Å². The van der Waals surface area contributed by atoms with Crippen molar-refractivity contribution in [1.29, 1.82) is 0 Å². The van der Waals surface area contributed by atoms with E-state index in [9.17, 15) is 0 Å². The third-order valence-corrected chi connectivity index (χ3v) is 24.0. The minimum absolute atomic E-state index is 0.362. The lowest BCUT2D eigenvalue weighted by molar-refractivity contribution is 0.870. The molecule has 0 aliphatic heterocycles. The van der Waals surface area contributed by atoms with Gasteiger partial charge in [0.05, 0.1) is 0 Å². The molecule has 9 unspecified atom stereocenters. The average Bonchev–Trinajstić information content (AvgIpc) is 0.790. The summed E-state index contributed by atoms with van der Waals surface area (Å²) in [6.45, 7) is 78.0. The third-order valence-electron chi connectivity index (χ3n) is 19.9. The zero-order valence-electron chi connectivity index (χ0n) is 65.9. The van der Waals surface area contributed by atoms with Crippen LogP contribution in [0.25, 0.3) is 36.5 Å². The van der Waals surface area contributed by atoms with Crippen molar-refractivity contribution in [3.05, 3.63) is 206 Å². The summed E-state index contributed by atoms with van der Waals surface area (Å²) in [6.07, 6.45) is 27.9. The zero-order valence-corrected chi connectivity index (χ0v) is 80.2. The van der Waals surface area contributed by atoms with Crippen LogP contribution < -0.4 is 0 Å². The fraction of sp³-hybridized carbons (Fsp3) is 0.533. The fourth-order valence-corrected chi connectivity index (χ4v) is 21.4. The molecule has 0 spiro atoms. The molecule has 0 amide bonds. The van der Waals surface area contributed by atoms with Crippen LogP contribution in [0.1, 0.15) is 377 Å². The van der Waals surface area contributed by atoms with Crippen molar-refractivity contribution in [1.82, 2.24) is 0 Å². The topological polar surface area (TPSA) is 0 Å². The summed E-state index contributed by atoms with van der Waals surface area (Å²) in [5.41, 5.74) is 43.4. The molecule has 0 aliphatic carbocycles. The van der Waals surface area contributed by atoms with Crippen molar-refractivity contribution in [2.45, 2.75) is 306 Å². The van der Waals surface area contributed by atoms with Gasteiger partial charge in [-0.15, -0.1) is 0 Å². The molecular formula is C90H129Br9. The number of hydrogen-bond donors (Lipinski definition) is 0. The smallest absolute Gasteiger partial charge is 0.0373 e. The van der Waals surface area contributed by atoms with Gasteiger partial charge in [0.1, 0.15) is 0 Å². The normalized spacial score (nSPS) is 13.8. The molecule has 5 rings (SSSR count). The van der Waals surface area contributed by atoms with Gasteiger partial charge in [-0.05, 0) is 326 Å². The lowest BCUT2D eigenvalue weighted by atomic mass is 9.81. The molecule has 0 heterocycles. The monoisotopic (exact) mass is 1920 g/mol. The second-order valence-corrected chi connectivity index (χ2v) is 37.8. The molecule has 0 aromatic heterocycles. The summed E-state index contributed by atoms with van der Waals surface area (Å²) in [4.78, 5) is 3.47. The highest BCUT2D eigenvalue weighted by atomic mass is 79.9. The standard InChI is InChI=1S/2C18H27Br3.C18H26Br2.C18H25Br.C18H24/c2*1-7-13-16(10(4)19)14(8-2)18(12(6)21)15(9-3)17(13)11(5)20;1-7-13-14(8-2)17(11(5)19)16(10-4)18(12(6)20)15(13)9-3;1-7-13-14(8-2)16(10-4)18(12(6)19)17(11-5)15(13)9-3;1-7-13-14(8-2)16(10-4)18(12-6)17(11-5)15(13)9-3/h2*10-12H,7-9H2,1-6H3;7,11-12H,1,8-10H2,2-6H3;8-9,12H,2-3,7,10-11H2,1,4-6H3;7,10-11H,1,4-5,8-9,12H2,2-3,6H3. The van der Waals surface area contributed by atoms with Crippen LogP contribution in [0.3, 0.4) is 0 Å². The summed E-state index contributed by atoms with van der Waals surface area (Å²) in [7, 11) is 0. The molecule has 552 valence electrons. The summed E-state index contributed by atoms with van der Waals surface area (Å²) in [6, 6.07) is 0. The van der Waals surface area contributed by atoms with Crippen molar-refractivity contribution < 1.29 is 0 Å². The first-order valence-corrected chi connectivity index (χ1v) is 45.6. The minimum Gasteiger partial charge on any atom is -0.0984 e. The molecule has 5 aromatic rings. The molecule has 0 aliphatic rings. The Morgan fingerprint density at radius 3 is 0.343 bits per heavy atom. The molecule has 9 atom stereocenters. The summed E-state index contributed by atoms with van der Waals surface area (Å²) >= 11 is 34.5. The van der Waals surface area contributed by atoms with Crippen molar-refractivity contribution in [2.24, 2.45) is 0 Å². The Bertz CT molecular complexity index is 3040. The Hall–Kier alpha value is -1.14. The quantitative estimate of drug-likeness (QED) is 0.0402. The SMILES string of the molecule is C=Cc1c(CC)c(C(C)Br)c(CC)c(C(C)Br)c1CC.C=Cc1c(CC)c(C=C)c(CC)c(C(C)Br)c1CC.C=Cc1c(CC)c(C=C)c(CC)c(C=C)c1CC.CCc1c(C(C)Br)c(CC)c(C(C)Br)c(CC)c1C(C)Br.CCc1c(C(C)Br)c(CC)c(C(C)Br)c(CC)c1C(C)Br. The molecular weight excluding hydrogens is 1800 g/mol. The van der Waals surface area contributed by atoms with Gasteiger partial charge >= 0.3 is 0 Å². The molecule has 9 heteroatoms. The van der Waals surface area contributed by atoms with Crippen molar-refractivity contribution in [3.8, 4) is 0 Å². The minimum atomic E-state index is 0.362. The number of alkyl halides is 9. The predicted octanol–water partition coefficient (Wildman–Crippen LogP) is 33.8. The van der Waals surface area contributed by atoms with Crippen LogP contribution in [0.4, 0.5) is 0 Å². The van der Waals surface area contributed by atoms with E-state index >= 15 is 0 Å². The van der Waals surface area contributed by atoms with Crippen LogP contribution in [0.15, 0.2) is 39.5 Å². The van der Waals surface area contributed by atoms with E-state index in [2.05, 4.69) is 355 Å². The Morgan fingerprint density at radius 2 is 0.253 bits per heavy atom. The molecule has 99 heavy (non-hydrogen) atoms. The van der Waals surface area contributed by atoms with Gasteiger partial charge in [0, 0.05) is 43.4 Å². The Balaban J connectivity index is 0.000000619. The van der Waals surface area contributed by atoms with E-state index in [1.807, 2.05) is 30.4 Å². The number of hydrogen-bond acceptors (Lipinski definition) is 0. The molecule has 0 saturated heterocycles. The first-order chi connectivity index (χ1) is 46.8. The lowest BCUT2D eigenvalue weighted by Gasteiger charge is -2.29. The van der Waals surface area contributed by atoms with E-state index in [0.717, 1.165) is 96.3 Å². The highest BCUT2D eigenvalue weighted by Crippen LogP contribution is 2.48. The molecule has 0 N–H and O–H groups in total. The van der Waals surface area contributed by atoms with Crippen LogP contribution in [-0.2, 0) is 96.3 Å². The van der Waals surface area contributed by atoms with Gasteiger partial charge in [-0.3, -0.25) is 0 Å². The second kappa shape index (κ2) is 47.5. The lowest BCUT2D eigenvalue weighted by Crippen LogP contribution is -2.14. The molecule has 0 fully saturated rings. The van der Waals surface area contributed by atoms with E-state index in [1.54, 1.807) is 0 Å². The number of rotatable bonds is 30.